The topological polar surface area (TPSA) is 28.2 Å². The molecule has 100 valence electrons. The van der Waals surface area contributed by atoms with Crippen LogP contribution < -0.4 is 10.2 Å². The Morgan fingerprint density at radius 2 is 2.44 bits per heavy atom. The maximum atomic E-state index is 6.25. The Hall–Kier alpha value is -0.800. The van der Waals surface area contributed by atoms with Crippen molar-refractivity contribution in [3.8, 4) is 0 Å². The molecule has 1 aromatic heterocycles. The van der Waals surface area contributed by atoms with Crippen molar-refractivity contribution in [2.75, 3.05) is 31.1 Å². The summed E-state index contributed by atoms with van der Waals surface area (Å²) < 4.78 is 0. The second-order valence-corrected chi connectivity index (χ2v) is 5.39. The van der Waals surface area contributed by atoms with E-state index in [2.05, 4.69) is 22.1 Å². The predicted molar refractivity (Wildman–Crippen MR) is 77.3 cm³/mol. The van der Waals surface area contributed by atoms with Gasteiger partial charge in [0.15, 0.2) is 0 Å². The zero-order chi connectivity index (χ0) is 12.8. The number of nitrogens with zero attached hydrogens (tertiary/aromatic N) is 2. The summed E-state index contributed by atoms with van der Waals surface area (Å²) >= 11 is 6.25. The van der Waals surface area contributed by atoms with Gasteiger partial charge in [-0.1, -0.05) is 18.5 Å². The van der Waals surface area contributed by atoms with Crippen LogP contribution in [-0.4, -0.2) is 31.2 Å². The molecular formula is C14H22ClN3. The third-order valence-electron chi connectivity index (χ3n) is 3.46. The Morgan fingerprint density at radius 3 is 3.11 bits per heavy atom. The van der Waals surface area contributed by atoms with Crippen molar-refractivity contribution >= 4 is 17.3 Å². The molecule has 1 fully saturated rings. The van der Waals surface area contributed by atoms with Gasteiger partial charge < -0.3 is 10.2 Å². The number of halogens is 1. The van der Waals surface area contributed by atoms with E-state index in [1.54, 1.807) is 6.20 Å². The van der Waals surface area contributed by atoms with Gasteiger partial charge in [-0.3, -0.25) is 4.98 Å². The van der Waals surface area contributed by atoms with E-state index < -0.39 is 0 Å². The lowest BCUT2D eigenvalue weighted by Gasteiger charge is -2.32. The molecule has 1 aromatic rings. The summed E-state index contributed by atoms with van der Waals surface area (Å²) in [6.45, 7) is 6.65. The average Bonchev–Trinajstić information content (AvgIpc) is 2.40. The van der Waals surface area contributed by atoms with Crippen molar-refractivity contribution < 1.29 is 0 Å². The number of nitrogens with one attached hydrogen (secondary N) is 1. The first-order chi connectivity index (χ1) is 8.81. The van der Waals surface area contributed by atoms with Crippen molar-refractivity contribution in [2.45, 2.75) is 26.2 Å². The highest BCUT2D eigenvalue weighted by molar-refractivity contribution is 6.33. The van der Waals surface area contributed by atoms with Crippen LogP contribution in [0, 0.1) is 5.92 Å². The lowest BCUT2D eigenvalue weighted by molar-refractivity contribution is 0.376. The number of pyridine rings is 1. The van der Waals surface area contributed by atoms with Crippen molar-refractivity contribution in [1.82, 2.24) is 10.3 Å². The zero-order valence-corrected chi connectivity index (χ0v) is 11.8. The van der Waals surface area contributed by atoms with Gasteiger partial charge in [-0.2, -0.15) is 0 Å². The van der Waals surface area contributed by atoms with Gasteiger partial charge in [-0.05, 0) is 44.3 Å². The Labute approximate surface area is 115 Å². The number of aromatic nitrogens is 1. The molecule has 0 amide bonds. The van der Waals surface area contributed by atoms with Crippen molar-refractivity contribution in [3.63, 3.8) is 0 Å². The molecule has 18 heavy (non-hydrogen) atoms. The molecule has 3 nitrogen and oxygen atoms in total. The standard InChI is InChI=1S/C14H22ClN3/c1-2-8-18(11-12-4-3-6-16-9-12)14-5-7-17-10-13(14)15/h5,7,10,12,16H,2-4,6,8-9,11H2,1H3. The van der Waals surface area contributed by atoms with Crippen LogP contribution in [0.4, 0.5) is 5.69 Å². The summed E-state index contributed by atoms with van der Waals surface area (Å²) in [5.41, 5.74) is 1.12. The van der Waals surface area contributed by atoms with Gasteiger partial charge in [0.2, 0.25) is 0 Å². The molecule has 1 saturated heterocycles. The average molecular weight is 268 g/mol. The number of hydrogen-bond donors (Lipinski definition) is 1. The second kappa shape index (κ2) is 6.95. The molecule has 0 aliphatic carbocycles. The fourth-order valence-electron chi connectivity index (χ4n) is 2.60. The third-order valence-corrected chi connectivity index (χ3v) is 3.75. The highest BCUT2D eigenvalue weighted by Gasteiger charge is 2.18. The van der Waals surface area contributed by atoms with E-state index in [9.17, 15) is 0 Å². The maximum Gasteiger partial charge on any atom is 0.0822 e. The minimum absolute atomic E-state index is 0.731. The first-order valence-corrected chi connectivity index (χ1v) is 7.24. The van der Waals surface area contributed by atoms with Crippen molar-refractivity contribution in [3.05, 3.63) is 23.5 Å². The molecule has 1 aliphatic rings. The van der Waals surface area contributed by atoms with Gasteiger partial charge in [0.25, 0.3) is 0 Å². The van der Waals surface area contributed by atoms with E-state index in [4.69, 9.17) is 11.6 Å². The summed E-state index contributed by atoms with van der Waals surface area (Å²) in [5, 5.41) is 4.24. The minimum Gasteiger partial charge on any atom is -0.370 e. The molecule has 1 N–H and O–H groups in total. The number of hydrogen-bond acceptors (Lipinski definition) is 3. The molecule has 2 rings (SSSR count). The first-order valence-electron chi connectivity index (χ1n) is 6.86. The minimum atomic E-state index is 0.731. The van der Waals surface area contributed by atoms with Gasteiger partial charge >= 0.3 is 0 Å². The Bertz CT molecular complexity index is 364. The van der Waals surface area contributed by atoms with E-state index in [0.717, 1.165) is 42.7 Å². The van der Waals surface area contributed by atoms with Crippen LogP contribution in [0.5, 0.6) is 0 Å². The summed E-state index contributed by atoms with van der Waals surface area (Å²) in [5.74, 6) is 0.731. The van der Waals surface area contributed by atoms with E-state index >= 15 is 0 Å². The summed E-state index contributed by atoms with van der Waals surface area (Å²) in [7, 11) is 0. The lowest BCUT2D eigenvalue weighted by atomic mass is 9.99. The molecule has 0 saturated carbocycles. The quantitative estimate of drug-likeness (QED) is 0.889. The van der Waals surface area contributed by atoms with Crippen LogP contribution in [0.25, 0.3) is 0 Å². The van der Waals surface area contributed by atoms with Crippen molar-refractivity contribution in [1.29, 1.82) is 0 Å². The largest absolute Gasteiger partial charge is 0.370 e. The SMILES string of the molecule is CCCN(CC1CCCNC1)c1ccncc1Cl. The molecule has 1 unspecified atom stereocenters. The fraction of sp³-hybridized carbons (Fsp3) is 0.643. The van der Waals surface area contributed by atoms with Crippen LogP contribution in [0.2, 0.25) is 5.02 Å². The van der Waals surface area contributed by atoms with Gasteiger partial charge in [0.1, 0.15) is 0 Å². The van der Waals surface area contributed by atoms with Crippen LogP contribution in [-0.2, 0) is 0 Å². The predicted octanol–water partition coefficient (Wildman–Crippen LogP) is 2.95. The summed E-state index contributed by atoms with van der Waals surface area (Å²) in [6.07, 6.45) is 7.30. The molecule has 4 heteroatoms. The molecule has 2 heterocycles. The van der Waals surface area contributed by atoms with E-state index in [-0.39, 0.29) is 0 Å². The molecular weight excluding hydrogens is 246 g/mol. The number of rotatable bonds is 5. The van der Waals surface area contributed by atoms with Gasteiger partial charge in [0.05, 0.1) is 10.7 Å². The zero-order valence-electron chi connectivity index (χ0n) is 11.0. The summed E-state index contributed by atoms with van der Waals surface area (Å²) in [6, 6.07) is 2.02. The third kappa shape index (κ3) is 3.59. The molecule has 0 aromatic carbocycles. The molecule has 0 bridgehead atoms. The number of anilines is 1. The Balaban J connectivity index is 2.05. The molecule has 0 spiro atoms. The maximum absolute atomic E-state index is 6.25. The van der Waals surface area contributed by atoms with Crippen molar-refractivity contribution in [2.24, 2.45) is 5.92 Å². The van der Waals surface area contributed by atoms with Crippen LogP contribution in [0.15, 0.2) is 18.5 Å². The van der Waals surface area contributed by atoms with Crippen LogP contribution in [0.3, 0.4) is 0 Å². The van der Waals surface area contributed by atoms with E-state index in [1.165, 1.54) is 19.4 Å². The normalized spacial score (nSPS) is 19.8. The highest BCUT2D eigenvalue weighted by Crippen LogP contribution is 2.26. The van der Waals surface area contributed by atoms with Gasteiger partial charge in [-0.25, -0.2) is 0 Å². The molecule has 1 aliphatic heterocycles. The smallest absolute Gasteiger partial charge is 0.0822 e. The van der Waals surface area contributed by atoms with Crippen LogP contribution >= 0.6 is 11.6 Å². The lowest BCUT2D eigenvalue weighted by Crippen LogP contribution is -2.38. The highest BCUT2D eigenvalue weighted by atomic mass is 35.5. The van der Waals surface area contributed by atoms with Crippen LogP contribution in [0.1, 0.15) is 26.2 Å². The Kier molecular flexibility index (Phi) is 5.26. The van der Waals surface area contributed by atoms with Gasteiger partial charge in [0, 0.05) is 25.5 Å². The first kappa shape index (κ1) is 13.6. The van der Waals surface area contributed by atoms with Gasteiger partial charge in [-0.15, -0.1) is 0 Å². The molecule has 0 radical (unpaired) electrons. The Morgan fingerprint density at radius 1 is 1.56 bits per heavy atom. The van der Waals surface area contributed by atoms with E-state index in [1.807, 2.05) is 12.3 Å². The second-order valence-electron chi connectivity index (χ2n) is 4.99. The number of piperidine rings is 1. The summed E-state index contributed by atoms with van der Waals surface area (Å²) in [4.78, 5) is 6.47. The monoisotopic (exact) mass is 267 g/mol. The molecule has 1 atom stereocenters. The fourth-order valence-corrected chi connectivity index (χ4v) is 2.83. The van der Waals surface area contributed by atoms with E-state index in [0.29, 0.717) is 0 Å².